The maximum absolute atomic E-state index is 13.7. The van der Waals surface area contributed by atoms with Crippen molar-refractivity contribution in [2.45, 2.75) is 55.6 Å². The third-order valence-electron chi connectivity index (χ3n) is 6.33. The summed E-state index contributed by atoms with van der Waals surface area (Å²) in [6.07, 6.45) is 4.85. The van der Waals surface area contributed by atoms with Gasteiger partial charge in [0.05, 0.1) is 4.90 Å². The van der Waals surface area contributed by atoms with Crippen LogP contribution in [0.2, 0.25) is 0 Å². The predicted octanol–water partition coefficient (Wildman–Crippen LogP) is 4.23. The van der Waals surface area contributed by atoms with E-state index in [1.807, 2.05) is 49.5 Å². The molecule has 158 valence electrons. The number of aromatic nitrogens is 1. The SMILES string of the molecule is Cc1ccc(C)c(S(=O)(=O)C2(C(=O)NCCc3c[nH]c4ccccc34)CCCC2)c1. The van der Waals surface area contributed by atoms with Crippen LogP contribution in [0.15, 0.2) is 53.6 Å². The maximum Gasteiger partial charge on any atom is 0.241 e. The lowest BCUT2D eigenvalue weighted by molar-refractivity contribution is -0.123. The van der Waals surface area contributed by atoms with E-state index in [2.05, 4.69) is 10.3 Å². The molecule has 4 rings (SSSR count). The lowest BCUT2D eigenvalue weighted by Gasteiger charge is -2.28. The molecule has 1 aliphatic carbocycles. The highest BCUT2D eigenvalue weighted by molar-refractivity contribution is 7.93. The molecule has 1 amide bonds. The highest BCUT2D eigenvalue weighted by Gasteiger charge is 2.53. The second-order valence-corrected chi connectivity index (χ2v) is 10.6. The number of H-pyrrole nitrogens is 1. The summed E-state index contributed by atoms with van der Waals surface area (Å²) in [5, 5.41) is 4.08. The minimum atomic E-state index is -3.79. The van der Waals surface area contributed by atoms with Crippen molar-refractivity contribution < 1.29 is 13.2 Å². The molecule has 1 heterocycles. The molecule has 1 aromatic heterocycles. The zero-order valence-corrected chi connectivity index (χ0v) is 18.3. The molecule has 30 heavy (non-hydrogen) atoms. The van der Waals surface area contributed by atoms with Crippen molar-refractivity contribution in [2.24, 2.45) is 0 Å². The lowest BCUT2D eigenvalue weighted by atomic mass is 10.1. The molecule has 0 atom stereocenters. The second-order valence-electron chi connectivity index (χ2n) is 8.34. The Morgan fingerprint density at radius 2 is 1.83 bits per heavy atom. The molecule has 0 unspecified atom stereocenters. The van der Waals surface area contributed by atoms with Crippen LogP contribution in [0.3, 0.4) is 0 Å². The Bertz CT molecular complexity index is 1190. The molecule has 6 heteroatoms. The van der Waals surface area contributed by atoms with E-state index in [1.54, 1.807) is 13.0 Å². The van der Waals surface area contributed by atoms with E-state index >= 15 is 0 Å². The van der Waals surface area contributed by atoms with Crippen molar-refractivity contribution in [1.29, 1.82) is 0 Å². The molecule has 5 nitrogen and oxygen atoms in total. The average molecular weight is 425 g/mol. The summed E-state index contributed by atoms with van der Waals surface area (Å²) in [5.74, 6) is -0.360. The monoisotopic (exact) mass is 424 g/mol. The molecule has 0 spiro atoms. The molecule has 0 radical (unpaired) electrons. The van der Waals surface area contributed by atoms with Gasteiger partial charge in [0.1, 0.15) is 0 Å². The summed E-state index contributed by atoms with van der Waals surface area (Å²) < 4.78 is 26.0. The molecule has 2 aromatic carbocycles. The zero-order chi connectivity index (χ0) is 21.4. The van der Waals surface area contributed by atoms with Crippen LogP contribution < -0.4 is 5.32 Å². The van der Waals surface area contributed by atoms with Gasteiger partial charge in [0.25, 0.3) is 0 Å². The van der Waals surface area contributed by atoms with Crippen molar-refractivity contribution in [2.75, 3.05) is 6.54 Å². The van der Waals surface area contributed by atoms with Gasteiger partial charge in [-0.2, -0.15) is 0 Å². The van der Waals surface area contributed by atoms with Crippen LogP contribution in [0.25, 0.3) is 10.9 Å². The number of para-hydroxylation sites is 1. The maximum atomic E-state index is 13.7. The summed E-state index contributed by atoms with van der Waals surface area (Å²) in [7, 11) is -3.79. The number of hydrogen-bond acceptors (Lipinski definition) is 3. The van der Waals surface area contributed by atoms with Gasteiger partial charge >= 0.3 is 0 Å². The first-order chi connectivity index (χ1) is 14.3. The Morgan fingerprint density at radius 3 is 2.60 bits per heavy atom. The molecule has 1 aliphatic rings. The Morgan fingerprint density at radius 1 is 1.10 bits per heavy atom. The van der Waals surface area contributed by atoms with E-state index in [1.165, 1.54) is 0 Å². The van der Waals surface area contributed by atoms with Gasteiger partial charge in [-0.1, -0.05) is 43.2 Å². The van der Waals surface area contributed by atoms with Crippen LogP contribution in [-0.2, 0) is 21.1 Å². The van der Waals surface area contributed by atoms with E-state index in [-0.39, 0.29) is 10.8 Å². The first-order valence-electron chi connectivity index (χ1n) is 10.5. The Labute approximate surface area is 177 Å². The van der Waals surface area contributed by atoms with Crippen LogP contribution >= 0.6 is 0 Å². The molecule has 1 saturated carbocycles. The number of carbonyl (C=O) groups excluding carboxylic acids is 1. The average Bonchev–Trinajstić information content (AvgIpc) is 3.38. The predicted molar refractivity (Wildman–Crippen MR) is 119 cm³/mol. The summed E-state index contributed by atoms with van der Waals surface area (Å²) in [6.45, 7) is 4.08. The van der Waals surface area contributed by atoms with E-state index in [4.69, 9.17) is 0 Å². The van der Waals surface area contributed by atoms with Gasteiger partial charge < -0.3 is 10.3 Å². The summed E-state index contributed by atoms with van der Waals surface area (Å²) >= 11 is 0. The fraction of sp³-hybridized carbons (Fsp3) is 0.375. The molecule has 0 saturated heterocycles. The standard InChI is InChI=1S/C24H28N2O3S/c1-17-9-10-18(2)22(15-17)30(28,29)24(12-5-6-13-24)23(27)25-14-11-19-16-26-21-8-4-3-7-20(19)21/h3-4,7-10,15-16,26H,5-6,11-14H2,1-2H3,(H,25,27). The number of aryl methyl sites for hydroxylation is 2. The number of sulfone groups is 1. The van der Waals surface area contributed by atoms with Crippen LogP contribution in [0.5, 0.6) is 0 Å². The number of carbonyl (C=O) groups is 1. The van der Waals surface area contributed by atoms with Gasteiger partial charge in [0.2, 0.25) is 5.91 Å². The zero-order valence-electron chi connectivity index (χ0n) is 17.5. The van der Waals surface area contributed by atoms with Crippen LogP contribution in [0.1, 0.15) is 42.4 Å². The second kappa shape index (κ2) is 7.91. The summed E-state index contributed by atoms with van der Waals surface area (Å²) in [5.41, 5.74) is 3.75. The van der Waals surface area contributed by atoms with Crippen molar-refractivity contribution in [3.05, 3.63) is 65.4 Å². The summed E-state index contributed by atoms with van der Waals surface area (Å²) in [4.78, 5) is 16.8. The number of fused-ring (bicyclic) bond motifs is 1. The Kier molecular flexibility index (Phi) is 5.45. The van der Waals surface area contributed by atoms with E-state index < -0.39 is 14.6 Å². The minimum Gasteiger partial charge on any atom is -0.361 e. The first kappa shape index (κ1) is 20.7. The van der Waals surface area contributed by atoms with Gasteiger partial charge in [-0.05, 0) is 61.9 Å². The first-order valence-corrected chi connectivity index (χ1v) is 12.0. The van der Waals surface area contributed by atoms with Crippen molar-refractivity contribution in [1.82, 2.24) is 10.3 Å². The number of nitrogens with one attached hydrogen (secondary N) is 2. The van der Waals surface area contributed by atoms with Gasteiger partial charge in [-0.25, -0.2) is 8.42 Å². The van der Waals surface area contributed by atoms with E-state index in [0.717, 1.165) is 34.9 Å². The fourth-order valence-electron chi connectivity index (χ4n) is 4.58. The van der Waals surface area contributed by atoms with Crippen LogP contribution in [0, 0.1) is 13.8 Å². The summed E-state index contributed by atoms with van der Waals surface area (Å²) in [6, 6.07) is 13.4. The topological polar surface area (TPSA) is 79.0 Å². The largest absolute Gasteiger partial charge is 0.361 e. The van der Waals surface area contributed by atoms with Crippen molar-refractivity contribution in [3.8, 4) is 0 Å². The number of hydrogen-bond donors (Lipinski definition) is 2. The fourth-order valence-corrected chi connectivity index (χ4v) is 6.98. The number of rotatable bonds is 6. The highest BCUT2D eigenvalue weighted by Crippen LogP contribution is 2.41. The number of aromatic amines is 1. The molecule has 3 aromatic rings. The molecule has 1 fully saturated rings. The minimum absolute atomic E-state index is 0.288. The quantitative estimate of drug-likeness (QED) is 0.621. The Balaban J connectivity index is 1.56. The van der Waals surface area contributed by atoms with Crippen LogP contribution in [-0.4, -0.2) is 30.6 Å². The number of amides is 1. The molecule has 2 N–H and O–H groups in total. The van der Waals surface area contributed by atoms with Gasteiger partial charge in [0, 0.05) is 23.6 Å². The van der Waals surface area contributed by atoms with E-state index in [9.17, 15) is 13.2 Å². The third kappa shape index (κ3) is 3.43. The molecular weight excluding hydrogens is 396 g/mol. The molecule has 0 aliphatic heterocycles. The van der Waals surface area contributed by atoms with E-state index in [0.29, 0.717) is 31.4 Å². The Hall–Kier alpha value is -2.60. The smallest absolute Gasteiger partial charge is 0.241 e. The third-order valence-corrected chi connectivity index (χ3v) is 8.97. The molecular formula is C24H28N2O3S. The van der Waals surface area contributed by atoms with Crippen LogP contribution in [0.4, 0.5) is 0 Å². The van der Waals surface area contributed by atoms with Crippen molar-refractivity contribution >= 4 is 26.6 Å². The van der Waals surface area contributed by atoms with Gasteiger partial charge in [-0.15, -0.1) is 0 Å². The normalized spacial score (nSPS) is 16.1. The van der Waals surface area contributed by atoms with Gasteiger partial charge in [-0.3, -0.25) is 4.79 Å². The highest BCUT2D eigenvalue weighted by atomic mass is 32.2. The molecule has 0 bridgehead atoms. The van der Waals surface area contributed by atoms with Gasteiger partial charge in [0.15, 0.2) is 14.6 Å². The number of benzene rings is 2. The lowest BCUT2D eigenvalue weighted by Crippen LogP contribution is -2.51. The van der Waals surface area contributed by atoms with Crippen molar-refractivity contribution in [3.63, 3.8) is 0 Å².